The van der Waals surface area contributed by atoms with Crippen LogP contribution in [0.3, 0.4) is 0 Å². The van der Waals surface area contributed by atoms with Gasteiger partial charge in [-0.3, -0.25) is 9.59 Å². The minimum Gasteiger partial charge on any atom is -0.324 e. The maximum Gasteiger partial charge on any atom is 0.363 e. The standard InChI is InChI=1S/C21H16N2O6S2/c24-19-17-5-1-2-6-18(17)20(25)23(19)29-21(26)14-7-9-16(10-8-14)31(27,28)22-12-11-15-4-3-13-30-15/h1-10,13,22H,11-12H2. The van der Waals surface area contributed by atoms with Crippen LogP contribution in [-0.2, 0) is 21.3 Å². The minimum absolute atomic E-state index is 0.00547. The van der Waals surface area contributed by atoms with Gasteiger partial charge in [0.15, 0.2) is 0 Å². The highest BCUT2D eigenvalue weighted by Gasteiger charge is 2.38. The molecule has 8 nitrogen and oxygen atoms in total. The Bertz CT molecular complexity index is 1220. The number of hydrogen-bond acceptors (Lipinski definition) is 7. The van der Waals surface area contributed by atoms with Crippen LogP contribution >= 0.6 is 11.3 Å². The molecule has 2 heterocycles. The van der Waals surface area contributed by atoms with E-state index in [-0.39, 0.29) is 28.1 Å². The highest BCUT2D eigenvalue weighted by atomic mass is 32.2. The summed E-state index contributed by atoms with van der Waals surface area (Å²) in [6.07, 6.45) is 0.571. The maximum absolute atomic E-state index is 12.4. The average molecular weight is 457 g/mol. The first-order chi connectivity index (χ1) is 14.9. The van der Waals surface area contributed by atoms with Crippen molar-refractivity contribution in [1.82, 2.24) is 9.79 Å². The highest BCUT2D eigenvalue weighted by Crippen LogP contribution is 2.23. The molecule has 31 heavy (non-hydrogen) atoms. The summed E-state index contributed by atoms with van der Waals surface area (Å²) in [6.45, 7) is 0.242. The Labute approximate surface area is 182 Å². The molecule has 0 saturated heterocycles. The Balaban J connectivity index is 1.40. The summed E-state index contributed by atoms with van der Waals surface area (Å²) < 4.78 is 27.3. The molecule has 1 aliphatic heterocycles. The number of rotatable bonds is 7. The van der Waals surface area contributed by atoms with Crippen LogP contribution in [0, 0.1) is 0 Å². The number of carbonyl (C=O) groups is 3. The number of nitrogens with zero attached hydrogens (tertiary/aromatic N) is 1. The molecule has 0 radical (unpaired) electrons. The van der Waals surface area contributed by atoms with Crippen molar-refractivity contribution in [2.75, 3.05) is 6.54 Å². The smallest absolute Gasteiger partial charge is 0.324 e. The number of benzene rings is 2. The summed E-state index contributed by atoms with van der Waals surface area (Å²) >= 11 is 1.55. The monoisotopic (exact) mass is 456 g/mol. The fourth-order valence-corrected chi connectivity index (χ4v) is 4.74. The van der Waals surface area contributed by atoms with Gasteiger partial charge in [0.25, 0.3) is 11.8 Å². The number of carbonyl (C=O) groups excluding carboxylic acids is 3. The van der Waals surface area contributed by atoms with E-state index in [1.54, 1.807) is 23.5 Å². The Morgan fingerprint density at radius 2 is 1.58 bits per heavy atom. The fraction of sp³-hybridized carbons (Fsp3) is 0.0952. The van der Waals surface area contributed by atoms with Gasteiger partial charge in [-0.1, -0.05) is 23.3 Å². The molecule has 1 aromatic heterocycles. The van der Waals surface area contributed by atoms with E-state index in [9.17, 15) is 22.8 Å². The molecule has 1 N–H and O–H groups in total. The molecule has 0 spiro atoms. The minimum atomic E-state index is -3.75. The molecule has 10 heteroatoms. The highest BCUT2D eigenvalue weighted by molar-refractivity contribution is 7.89. The third-order valence-electron chi connectivity index (χ3n) is 4.57. The number of sulfonamides is 1. The van der Waals surface area contributed by atoms with E-state index in [1.807, 2.05) is 17.5 Å². The van der Waals surface area contributed by atoms with Gasteiger partial charge in [0.1, 0.15) is 0 Å². The van der Waals surface area contributed by atoms with Gasteiger partial charge in [-0.05, 0) is 54.3 Å². The van der Waals surface area contributed by atoms with Crippen LogP contribution in [0.1, 0.15) is 36.0 Å². The second kappa shape index (κ2) is 8.42. The lowest BCUT2D eigenvalue weighted by molar-refractivity contribution is -0.0584. The van der Waals surface area contributed by atoms with Crippen LogP contribution in [-0.4, -0.2) is 37.8 Å². The van der Waals surface area contributed by atoms with Gasteiger partial charge >= 0.3 is 5.97 Å². The Morgan fingerprint density at radius 1 is 0.935 bits per heavy atom. The molecular weight excluding hydrogens is 440 g/mol. The molecule has 0 bridgehead atoms. The summed E-state index contributed by atoms with van der Waals surface area (Å²) in [5, 5.41) is 2.33. The van der Waals surface area contributed by atoms with Crippen molar-refractivity contribution in [3.63, 3.8) is 0 Å². The maximum atomic E-state index is 12.4. The van der Waals surface area contributed by atoms with Crippen molar-refractivity contribution in [2.45, 2.75) is 11.3 Å². The van der Waals surface area contributed by atoms with Crippen LogP contribution in [0.5, 0.6) is 0 Å². The van der Waals surface area contributed by atoms with Gasteiger partial charge in [-0.25, -0.2) is 17.9 Å². The molecule has 0 fully saturated rings. The van der Waals surface area contributed by atoms with Gasteiger partial charge in [0.05, 0.1) is 21.6 Å². The van der Waals surface area contributed by atoms with E-state index < -0.39 is 27.8 Å². The molecule has 158 valence electrons. The average Bonchev–Trinajstić information content (AvgIpc) is 3.37. The van der Waals surface area contributed by atoms with Crippen molar-refractivity contribution < 1.29 is 27.6 Å². The van der Waals surface area contributed by atoms with Crippen LogP contribution < -0.4 is 4.72 Å². The lowest BCUT2D eigenvalue weighted by atomic mass is 10.1. The van der Waals surface area contributed by atoms with Crippen LogP contribution in [0.2, 0.25) is 0 Å². The number of nitrogens with one attached hydrogen (secondary N) is 1. The molecule has 0 atom stereocenters. The Kier molecular flexibility index (Phi) is 5.68. The molecule has 0 unspecified atom stereocenters. The number of amides is 2. The summed E-state index contributed by atoms with van der Waals surface area (Å²) in [5.41, 5.74) is 0.291. The quantitative estimate of drug-likeness (QED) is 0.548. The zero-order valence-corrected chi connectivity index (χ0v) is 17.6. The number of fused-ring (bicyclic) bond motifs is 1. The molecule has 0 aliphatic carbocycles. The Hall–Kier alpha value is -3.34. The molecule has 4 rings (SSSR count). The summed E-state index contributed by atoms with van der Waals surface area (Å²) in [6, 6.07) is 15.0. The van der Waals surface area contributed by atoms with Gasteiger partial charge in [0, 0.05) is 11.4 Å². The Morgan fingerprint density at radius 3 is 2.16 bits per heavy atom. The normalized spacial score (nSPS) is 13.4. The van der Waals surface area contributed by atoms with Crippen LogP contribution in [0.15, 0.2) is 70.9 Å². The molecule has 1 aliphatic rings. The van der Waals surface area contributed by atoms with Crippen LogP contribution in [0.25, 0.3) is 0 Å². The molecule has 2 aromatic carbocycles. The topological polar surface area (TPSA) is 110 Å². The fourth-order valence-electron chi connectivity index (χ4n) is 3.00. The van der Waals surface area contributed by atoms with Crippen molar-refractivity contribution in [3.8, 4) is 0 Å². The van der Waals surface area contributed by atoms with E-state index in [0.29, 0.717) is 11.5 Å². The van der Waals surface area contributed by atoms with Gasteiger partial charge in [0.2, 0.25) is 10.0 Å². The summed E-state index contributed by atoms with van der Waals surface area (Å²) in [4.78, 5) is 43.0. The number of thiophene rings is 1. The van der Waals surface area contributed by atoms with Gasteiger partial charge in [-0.2, -0.15) is 0 Å². The third kappa shape index (κ3) is 4.26. The second-order valence-corrected chi connectivity index (χ2v) is 9.38. The third-order valence-corrected chi connectivity index (χ3v) is 6.99. The molecule has 0 saturated carbocycles. The van der Waals surface area contributed by atoms with Crippen molar-refractivity contribution in [2.24, 2.45) is 0 Å². The number of hydroxylamine groups is 2. The van der Waals surface area contributed by atoms with E-state index >= 15 is 0 Å². The summed E-state index contributed by atoms with van der Waals surface area (Å²) in [7, 11) is -3.75. The van der Waals surface area contributed by atoms with E-state index in [0.717, 1.165) is 4.88 Å². The number of imide groups is 1. The second-order valence-electron chi connectivity index (χ2n) is 6.58. The first kappa shape index (κ1) is 20.9. The molecule has 2 amide bonds. The summed E-state index contributed by atoms with van der Waals surface area (Å²) in [5.74, 6) is -2.42. The predicted octanol–water partition coefficient (Wildman–Crippen LogP) is 2.64. The van der Waals surface area contributed by atoms with Crippen molar-refractivity contribution in [3.05, 3.63) is 87.6 Å². The number of hydrogen-bond donors (Lipinski definition) is 1. The van der Waals surface area contributed by atoms with Crippen molar-refractivity contribution in [1.29, 1.82) is 0 Å². The SMILES string of the molecule is O=C(ON1C(=O)c2ccccc2C1=O)c1ccc(S(=O)(=O)NCCc2cccs2)cc1. The van der Waals surface area contributed by atoms with E-state index in [1.165, 1.54) is 36.4 Å². The van der Waals surface area contributed by atoms with Crippen LogP contribution in [0.4, 0.5) is 0 Å². The largest absolute Gasteiger partial charge is 0.363 e. The molecule has 3 aromatic rings. The van der Waals surface area contributed by atoms with E-state index in [2.05, 4.69) is 4.72 Å². The first-order valence-corrected chi connectivity index (χ1v) is 11.6. The van der Waals surface area contributed by atoms with Crippen molar-refractivity contribution >= 4 is 39.1 Å². The lowest BCUT2D eigenvalue weighted by Crippen LogP contribution is -2.32. The predicted molar refractivity (Wildman–Crippen MR) is 112 cm³/mol. The zero-order chi connectivity index (χ0) is 22.0. The molecular formula is C21H16N2O6S2. The van der Waals surface area contributed by atoms with E-state index in [4.69, 9.17) is 4.84 Å². The van der Waals surface area contributed by atoms with Gasteiger partial charge in [-0.15, -0.1) is 11.3 Å². The first-order valence-electron chi connectivity index (χ1n) is 9.19. The van der Waals surface area contributed by atoms with Gasteiger partial charge < -0.3 is 4.84 Å². The zero-order valence-electron chi connectivity index (χ0n) is 16.0. The lowest BCUT2D eigenvalue weighted by Gasteiger charge is -2.13.